The van der Waals surface area contributed by atoms with Crippen molar-refractivity contribution in [3.8, 4) is 17.3 Å². The molecule has 3 rings (SSSR count). The van der Waals surface area contributed by atoms with Crippen molar-refractivity contribution in [2.75, 3.05) is 17.3 Å². The van der Waals surface area contributed by atoms with E-state index < -0.39 is 11.7 Å². The Morgan fingerprint density at radius 1 is 1.19 bits per heavy atom. The molecule has 0 saturated carbocycles. The molecule has 10 heteroatoms. The first-order valence-electron chi connectivity index (χ1n) is 9.78. The van der Waals surface area contributed by atoms with Gasteiger partial charge in [-0.1, -0.05) is 0 Å². The van der Waals surface area contributed by atoms with Crippen molar-refractivity contribution in [3.05, 3.63) is 36.7 Å². The molecular formula is C21H26N6O3S. The van der Waals surface area contributed by atoms with Gasteiger partial charge in [-0.2, -0.15) is 9.36 Å². The second-order valence-corrected chi connectivity index (χ2v) is 8.76. The smallest absolute Gasteiger partial charge is 0.414 e. The molecule has 3 heterocycles. The van der Waals surface area contributed by atoms with Crippen LogP contribution >= 0.6 is 11.5 Å². The number of nitrogens with one attached hydrogen (secondary N) is 1. The van der Waals surface area contributed by atoms with Crippen molar-refractivity contribution in [2.45, 2.75) is 46.3 Å². The molecule has 0 aliphatic carbocycles. The number of hydrogen-bond donors (Lipinski definition) is 1. The Labute approximate surface area is 185 Å². The van der Waals surface area contributed by atoms with Gasteiger partial charge < -0.3 is 14.8 Å². The Bertz CT molecular complexity index is 1030. The van der Waals surface area contributed by atoms with E-state index in [-0.39, 0.29) is 6.10 Å². The maximum atomic E-state index is 12.5. The summed E-state index contributed by atoms with van der Waals surface area (Å²) in [6.07, 6.45) is 2.88. The zero-order chi connectivity index (χ0) is 22.6. The van der Waals surface area contributed by atoms with Crippen LogP contribution in [-0.2, 0) is 4.74 Å². The predicted molar refractivity (Wildman–Crippen MR) is 121 cm³/mol. The van der Waals surface area contributed by atoms with E-state index in [1.165, 1.54) is 16.4 Å². The summed E-state index contributed by atoms with van der Waals surface area (Å²) >= 11 is 1.17. The molecule has 0 saturated heterocycles. The van der Waals surface area contributed by atoms with Gasteiger partial charge in [0, 0.05) is 24.8 Å². The third-order valence-corrected chi connectivity index (χ3v) is 4.43. The number of anilines is 3. The number of rotatable bonds is 6. The fourth-order valence-electron chi connectivity index (χ4n) is 2.53. The summed E-state index contributed by atoms with van der Waals surface area (Å²) in [5.41, 5.74) is 0.590. The summed E-state index contributed by atoms with van der Waals surface area (Å²) in [6, 6.07) is 7.17. The summed E-state index contributed by atoms with van der Waals surface area (Å²) in [4.78, 5) is 27.1. The van der Waals surface area contributed by atoms with Gasteiger partial charge >= 0.3 is 6.09 Å². The topological polar surface area (TPSA) is 102 Å². The molecule has 0 aliphatic heterocycles. The molecule has 1 N–H and O–H groups in total. The molecule has 1 amide bonds. The maximum absolute atomic E-state index is 12.5. The van der Waals surface area contributed by atoms with Gasteiger partial charge in [-0.3, -0.25) is 4.90 Å². The zero-order valence-corrected chi connectivity index (χ0v) is 19.2. The molecule has 164 valence electrons. The van der Waals surface area contributed by atoms with Gasteiger partial charge in [0.05, 0.1) is 18.0 Å². The number of amides is 1. The molecule has 0 fully saturated rings. The Hall–Kier alpha value is -3.27. The van der Waals surface area contributed by atoms with Crippen LogP contribution < -0.4 is 15.0 Å². The van der Waals surface area contributed by atoms with Crippen molar-refractivity contribution < 1.29 is 14.3 Å². The highest BCUT2D eigenvalue weighted by molar-refractivity contribution is 7.09. The molecular weight excluding hydrogens is 416 g/mol. The molecule has 3 aromatic heterocycles. The number of nitrogens with zero attached hydrogens (tertiary/aromatic N) is 5. The standard InChI is InChI=1S/C21H26N6O3S/c1-13(2)29-14-9-10-15(23-12-14)17-24-19(31-26-17)25-18-16(8-7-11-22-18)27(6)20(28)30-21(3,4)5/h7-13H,1-6H3,(H,22,24,25,26). The Morgan fingerprint density at radius 2 is 1.97 bits per heavy atom. The summed E-state index contributed by atoms with van der Waals surface area (Å²) in [5, 5.41) is 3.66. The first-order chi connectivity index (χ1) is 14.6. The molecule has 0 aromatic carbocycles. The van der Waals surface area contributed by atoms with Crippen molar-refractivity contribution in [1.29, 1.82) is 0 Å². The lowest BCUT2D eigenvalue weighted by Crippen LogP contribution is -2.34. The second-order valence-electron chi connectivity index (χ2n) is 8.00. The molecule has 0 radical (unpaired) electrons. The van der Waals surface area contributed by atoms with E-state index in [9.17, 15) is 4.79 Å². The molecule has 3 aromatic rings. The van der Waals surface area contributed by atoms with E-state index in [1.807, 2.05) is 46.8 Å². The van der Waals surface area contributed by atoms with Crippen LogP contribution in [0, 0.1) is 0 Å². The highest BCUT2D eigenvalue weighted by atomic mass is 32.1. The van der Waals surface area contributed by atoms with Crippen LogP contribution in [0.5, 0.6) is 5.75 Å². The minimum atomic E-state index is -0.599. The maximum Gasteiger partial charge on any atom is 0.414 e. The molecule has 0 spiro atoms. The highest BCUT2D eigenvalue weighted by Crippen LogP contribution is 2.29. The van der Waals surface area contributed by atoms with Gasteiger partial charge in [0.25, 0.3) is 0 Å². The van der Waals surface area contributed by atoms with Gasteiger partial charge in [-0.15, -0.1) is 0 Å². The van der Waals surface area contributed by atoms with E-state index in [0.717, 1.165) is 0 Å². The van der Waals surface area contributed by atoms with Gasteiger partial charge in [0.2, 0.25) is 5.13 Å². The molecule has 0 atom stereocenters. The van der Waals surface area contributed by atoms with Crippen molar-refractivity contribution in [1.82, 2.24) is 19.3 Å². The zero-order valence-electron chi connectivity index (χ0n) is 18.4. The van der Waals surface area contributed by atoms with Gasteiger partial charge in [-0.05, 0) is 58.9 Å². The van der Waals surface area contributed by atoms with E-state index in [0.29, 0.717) is 33.9 Å². The van der Waals surface area contributed by atoms with Crippen molar-refractivity contribution >= 4 is 34.3 Å². The number of pyridine rings is 2. The first kappa shape index (κ1) is 22.4. The first-order valence-corrected chi connectivity index (χ1v) is 10.6. The minimum Gasteiger partial charge on any atom is -0.489 e. The fourth-order valence-corrected chi connectivity index (χ4v) is 3.10. The minimum absolute atomic E-state index is 0.0761. The summed E-state index contributed by atoms with van der Waals surface area (Å²) in [7, 11) is 1.63. The lowest BCUT2D eigenvalue weighted by Gasteiger charge is -2.25. The van der Waals surface area contributed by atoms with Crippen LogP contribution in [0.4, 0.5) is 21.4 Å². The Morgan fingerprint density at radius 3 is 2.61 bits per heavy atom. The van der Waals surface area contributed by atoms with Gasteiger partial charge in [-0.25, -0.2) is 14.8 Å². The van der Waals surface area contributed by atoms with Crippen LogP contribution in [-0.4, -0.2) is 44.2 Å². The van der Waals surface area contributed by atoms with E-state index >= 15 is 0 Å². The number of carbonyl (C=O) groups excluding carboxylic acids is 1. The van der Waals surface area contributed by atoms with Crippen LogP contribution in [0.3, 0.4) is 0 Å². The monoisotopic (exact) mass is 442 g/mol. The van der Waals surface area contributed by atoms with E-state index in [1.54, 1.807) is 31.6 Å². The van der Waals surface area contributed by atoms with Gasteiger partial charge in [0.15, 0.2) is 11.6 Å². The lowest BCUT2D eigenvalue weighted by molar-refractivity contribution is 0.0589. The Balaban J connectivity index is 1.76. The second kappa shape index (κ2) is 9.25. The van der Waals surface area contributed by atoms with Crippen LogP contribution in [0.15, 0.2) is 36.7 Å². The van der Waals surface area contributed by atoms with Crippen molar-refractivity contribution in [3.63, 3.8) is 0 Å². The largest absolute Gasteiger partial charge is 0.489 e. The van der Waals surface area contributed by atoms with Crippen LogP contribution in [0.2, 0.25) is 0 Å². The molecule has 0 unspecified atom stereocenters. The van der Waals surface area contributed by atoms with E-state index in [4.69, 9.17) is 9.47 Å². The normalized spacial score (nSPS) is 11.3. The number of ether oxygens (including phenoxy) is 2. The highest BCUT2D eigenvalue weighted by Gasteiger charge is 2.23. The predicted octanol–water partition coefficient (Wildman–Crippen LogP) is 4.90. The summed E-state index contributed by atoms with van der Waals surface area (Å²) in [5.74, 6) is 1.64. The summed E-state index contributed by atoms with van der Waals surface area (Å²) < 4.78 is 15.4. The summed E-state index contributed by atoms with van der Waals surface area (Å²) in [6.45, 7) is 9.37. The third-order valence-electron chi connectivity index (χ3n) is 3.80. The fraction of sp³-hybridized carbons (Fsp3) is 0.381. The quantitative estimate of drug-likeness (QED) is 0.575. The van der Waals surface area contributed by atoms with Crippen molar-refractivity contribution in [2.24, 2.45) is 0 Å². The number of carbonyl (C=O) groups is 1. The number of aromatic nitrogens is 4. The van der Waals surface area contributed by atoms with E-state index in [2.05, 4.69) is 24.6 Å². The SMILES string of the molecule is CC(C)Oc1ccc(-c2nsc(Nc3ncccc3N(C)C(=O)OC(C)(C)C)n2)nc1. The van der Waals surface area contributed by atoms with Crippen LogP contribution in [0.25, 0.3) is 11.5 Å². The average molecular weight is 443 g/mol. The Kier molecular flexibility index (Phi) is 6.69. The molecule has 9 nitrogen and oxygen atoms in total. The lowest BCUT2D eigenvalue weighted by atomic mass is 10.2. The molecule has 0 aliphatic rings. The molecule has 0 bridgehead atoms. The average Bonchev–Trinajstić information content (AvgIpc) is 3.15. The van der Waals surface area contributed by atoms with Gasteiger partial charge in [0.1, 0.15) is 17.0 Å². The number of hydrogen-bond acceptors (Lipinski definition) is 9. The third kappa shape index (κ3) is 6.11. The van der Waals surface area contributed by atoms with Crippen LogP contribution in [0.1, 0.15) is 34.6 Å². The molecule has 31 heavy (non-hydrogen) atoms.